The topological polar surface area (TPSA) is 37.3 Å². The number of rotatable bonds is 2. The third-order valence-electron chi connectivity index (χ3n) is 3.83. The lowest BCUT2D eigenvalue weighted by molar-refractivity contribution is 0.184. The van der Waals surface area contributed by atoms with Crippen LogP contribution in [0.25, 0.3) is 0 Å². The molecule has 0 unspecified atom stereocenters. The van der Waals surface area contributed by atoms with E-state index in [9.17, 15) is 4.79 Å². The van der Waals surface area contributed by atoms with E-state index in [2.05, 4.69) is 34.4 Å². The van der Waals surface area contributed by atoms with Gasteiger partial charge in [-0.15, -0.1) is 0 Å². The minimum atomic E-state index is 0.00200. The molecule has 4 heteroatoms. The van der Waals surface area contributed by atoms with Gasteiger partial charge in [-0.1, -0.05) is 18.2 Å². The number of benzene rings is 1. The molecular formula is C16H19N3O. The van der Waals surface area contributed by atoms with E-state index in [4.69, 9.17) is 0 Å². The van der Waals surface area contributed by atoms with Crippen LogP contribution in [-0.4, -0.2) is 28.6 Å². The van der Waals surface area contributed by atoms with Crippen LogP contribution in [0.4, 0.5) is 10.5 Å². The van der Waals surface area contributed by atoms with Crippen molar-refractivity contribution in [2.45, 2.75) is 18.9 Å². The summed E-state index contributed by atoms with van der Waals surface area (Å²) < 4.78 is 2.24. The number of amides is 2. The van der Waals surface area contributed by atoms with Crippen molar-refractivity contribution in [1.82, 2.24) is 9.47 Å². The van der Waals surface area contributed by atoms with Crippen molar-refractivity contribution in [3.05, 3.63) is 54.9 Å². The maximum absolute atomic E-state index is 12.2. The highest BCUT2D eigenvalue weighted by Gasteiger charge is 2.23. The number of carbonyl (C=O) groups excluding carboxylic acids is 1. The number of piperidine rings is 1. The molecule has 0 radical (unpaired) electrons. The number of aromatic nitrogens is 1. The van der Waals surface area contributed by atoms with Gasteiger partial charge in [0.25, 0.3) is 0 Å². The Kier molecular flexibility index (Phi) is 3.72. The number of hydrogen-bond donors (Lipinski definition) is 1. The minimum Gasteiger partial charge on any atom is -0.351 e. The lowest BCUT2D eigenvalue weighted by Gasteiger charge is -2.32. The molecule has 1 aromatic carbocycles. The molecule has 0 aliphatic carbocycles. The van der Waals surface area contributed by atoms with Crippen LogP contribution in [0, 0.1) is 0 Å². The summed E-state index contributed by atoms with van der Waals surface area (Å²) in [5.41, 5.74) is 0.852. The van der Waals surface area contributed by atoms with Gasteiger partial charge < -0.3 is 14.8 Å². The average Bonchev–Trinajstić information content (AvgIpc) is 3.03. The van der Waals surface area contributed by atoms with Crippen LogP contribution in [0.2, 0.25) is 0 Å². The standard InChI is InChI=1S/C16H19N3O/c20-16(17-14-6-2-1-3-7-14)19-12-8-15(9-13-19)18-10-4-5-11-18/h1-7,10-11,15H,8-9,12-13H2,(H,17,20). The van der Waals surface area contributed by atoms with E-state index in [0.29, 0.717) is 6.04 Å². The summed E-state index contributed by atoms with van der Waals surface area (Å²) in [5, 5.41) is 2.94. The summed E-state index contributed by atoms with van der Waals surface area (Å²) in [4.78, 5) is 14.1. The average molecular weight is 269 g/mol. The van der Waals surface area contributed by atoms with Crippen LogP contribution in [-0.2, 0) is 0 Å². The smallest absolute Gasteiger partial charge is 0.321 e. The first-order valence-corrected chi connectivity index (χ1v) is 7.06. The second-order valence-corrected chi connectivity index (χ2v) is 5.14. The van der Waals surface area contributed by atoms with Crippen LogP contribution < -0.4 is 5.32 Å². The van der Waals surface area contributed by atoms with Crippen LogP contribution in [0.15, 0.2) is 54.9 Å². The van der Waals surface area contributed by atoms with E-state index < -0.39 is 0 Å². The molecule has 0 saturated carbocycles. The van der Waals surface area contributed by atoms with Crippen molar-refractivity contribution >= 4 is 11.7 Å². The van der Waals surface area contributed by atoms with E-state index >= 15 is 0 Å². The van der Waals surface area contributed by atoms with Crippen molar-refractivity contribution in [2.24, 2.45) is 0 Å². The summed E-state index contributed by atoms with van der Waals surface area (Å²) >= 11 is 0. The molecule has 1 aliphatic heterocycles. The molecule has 0 atom stereocenters. The van der Waals surface area contributed by atoms with Gasteiger partial charge in [0, 0.05) is 37.2 Å². The number of nitrogens with one attached hydrogen (secondary N) is 1. The van der Waals surface area contributed by atoms with E-state index in [1.54, 1.807) is 0 Å². The van der Waals surface area contributed by atoms with Gasteiger partial charge in [-0.05, 0) is 37.1 Å². The van der Waals surface area contributed by atoms with Crippen LogP contribution in [0.5, 0.6) is 0 Å². The molecule has 1 N–H and O–H groups in total. The predicted octanol–water partition coefficient (Wildman–Crippen LogP) is 3.36. The Morgan fingerprint density at radius 2 is 1.65 bits per heavy atom. The Hall–Kier alpha value is -2.23. The maximum atomic E-state index is 12.2. The summed E-state index contributed by atoms with van der Waals surface area (Å²) in [7, 11) is 0. The zero-order valence-corrected chi connectivity index (χ0v) is 11.4. The molecule has 20 heavy (non-hydrogen) atoms. The largest absolute Gasteiger partial charge is 0.351 e. The first-order valence-electron chi connectivity index (χ1n) is 7.06. The van der Waals surface area contributed by atoms with Gasteiger partial charge in [0.2, 0.25) is 0 Å². The first-order chi connectivity index (χ1) is 9.83. The van der Waals surface area contributed by atoms with Crippen LogP contribution >= 0.6 is 0 Å². The molecule has 1 aliphatic rings. The molecule has 4 nitrogen and oxygen atoms in total. The number of urea groups is 1. The fourth-order valence-electron chi connectivity index (χ4n) is 2.68. The Morgan fingerprint density at radius 1 is 1.00 bits per heavy atom. The monoisotopic (exact) mass is 269 g/mol. The number of likely N-dealkylation sites (tertiary alicyclic amines) is 1. The molecule has 1 aromatic heterocycles. The summed E-state index contributed by atoms with van der Waals surface area (Å²) in [6, 6.07) is 14.2. The van der Waals surface area contributed by atoms with E-state index in [1.165, 1.54) is 0 Å². The molecule has 0 spiro atoms. The Balaban J connectivity index is 1.54. The fraction of sp³-hybridized carbons (Fsp3) is 0.312. The van der Waals surface area contributed by atoms with Gasteiger partial charge in [-0.2, -0.15) is 0 Å². The van der Waals surface area contributed by atoms with E-state index in [-0.39, 0.29) is 6.03 Å². The van der Waals surface area contributed by atoms with Crippen molar-refractivity contribution in [2.75, 3.05) is 18.4 Å². The fourth-order valence-corrected chi connectivity index (χ4v) is 2.68. The van der Waals surface area contributed by atoms with E-state index in [0.717, 1.165) is 31.6 Å². The van der Waals surface area contributed by atoms with Crippen molar-refractivity contribution in [1.29, 1.82) is 0 Å². The van der Waals surface area contributed by atoms with Gasteiger partial charge in [0.05, 0.1) is 0 Å². The van der Waals surface area contributed by atoms with Gasteiger partial charge in [-0.3, -0.25) is 0 Å². The molecule has 2 amide bonds. The number of hydrogen-bond acceptors (Lipinski definition) is 1. The molecule has 1 fully saturated rings. The van der Waals surface area contributed by atoms with Crippen molar-refractivity contribution < 1.29 is 4.79 Å². The zero-order valence-electron chi connectivity index (χ0n) is 11.4. The summed E-state index contributed by atoms with van der Waals surface area (Å²) in [5.74, 6) is 0. The van der Waals surface area contributed by atoms with Crippen molar-refractivity contribution in [3.8, 4) is 0 Å². The van der Waals surface area contributed by atoms with Gasteiger partial charge in [-0.25, -0.2) is 4.79 Å². The predicted molar refractivity (Wildman–Crippen MR) is 79.7 cm³/mol. The third kappa shape index (κ3) is 2.85. The van der Waals surface area contributed by atoms with E-state index in [1.807, 2.05) is 35.2 Å². The Labute approximate surface area is 119 Å². The molecule has 2 heterocycles. The summed E-state index contributed by atoms with van der Waals surface area (Å²) in [6.45, 7) is 1.61. The zero-order chi connectivity index (χ0) is 13.8. The van der Waals surface area contributed by atoms with Gasteiger partial charge in [0.1, 0.15) is 0 Å². The SMILES string of the molecule is O=C(Nc1ccccc1)N1CCC(n2cccc2)CC1. The molecule has 0 bridgehead atoms. The highest BCUT2D eigenvalue weighted by atomic mass is 16.2. The second kappa shape index (κ2) is 5.82. The normalized spacial score (nSPS) is 16.1. The number of nitrogens with zero attached hydrogens (tertiary/aromatic N) is 2. The molecule has 1 saturated heterocycles. The lowest BCUT2D eigenvalue weighted by atomic mass is 10.1. The lowest BCUT2D eigenvalue weighted by Crippen LogP contribution is -2.41. The number of carbonyl (C=O) groups is 1. The minimum absolute atomic E-state index is 0.00200. The highest BCUT2D eigenvalue weighted by Crippen LogP contribution is 2.22. The van der Waals surface area contributed by atoms with Crippen LogP contribution in [0.3, 0.4) is 0 Å². The molecule has 2 aromatic rings. The first kappa shape index (κ1) is 12.8. The Morgan fingerprint density at radius 3 is 2.30 bits per heavy atom. The van der Waals surface area contributed by atoms with Gasteiger partial charge >= 0.3 is 6.03 Å². The van der Waals surface area contributed by atoms with Crippen molar-refractivity contribution in [3.63, 3.8) is 0 Å². The van der Waals surface area contributed by atoms with Gasteiger partial charge in [0.15, 0.2) is 0 Å². The summed E-state index contributed by atoms with van der Waals surface area (Å²) in [6.07, 6.45) is 6.22. The Bertz CT molecular complexity index is 542. The number of anilines is 1. The quantitative estimate of drug-likeness (QED) is 0.891. The molecule has 104 valence electrons. The number of para-hydroxylation sites is 1. The highest BCUT2D eigenvalue weighted by molar-refractivity contribution is 5.89. The molecule has 3 rings (SSSR count). The van der Waals surface area contributed by atoms with Crippen LogP contribution in [0.1, 0.15) is 18.9 Å². The maximum Gasteiger partial charge on any atom is 0.321 e. The second-order valence-electron chi connectivity index (χ2n) is 5.14. The third-order valence-corrected chi connectivity index (χ3v) is 3.83. The molecular weight excluding hydrogens is 250 g/mol.